The van der Waals surface area contributed by atoms with Crippen molar-refractivity contribution >= 4 is 0 Å². The van der Waals surface area contributed by atoms with Gasteiger partial charge in [0.15, 0.2) is 0 Å². The van der Waals surface area contributed by atoms with Gasteiger partial charge in [-0.2, -0.15) is 0 Å². The van der Waals surface area contributed by atoms with Crippen LogP contribution in [0.2, 0.25) is 0 Å². The maximum atomic E-state index is 5.64. The number of rotatable bonds is 11. The molecular formula is C15H32NO2. The monoisotopic (exact) mass is 258 g/mol. The highest BCUT2D eigenvalue weighted by atomic mass is 16.6. The molecule has 1 radical (unpaired) electrons. The molecule has 109 valence electrons. The van der Waals surface area contributed by atoms with Crippen molar-refractivity contribution in [2.45, 2.75) is 60.3 Å². The van der Waals surface area contributed by atoms with Gasteiger partial charge in [0.25, 0.3) is 0 Å². The van der Waals surface area contributed by atoms with Gasteiger partial charge in [0.05, 0.1) is 6.61 Å². The average molecular weight is 258 g/mol. The molecule has 3 nitrogen and oxygen atoms in total. The van der Waals surface area contributed by atoms with E-state index in [4.69, 9.17) is 9.57 Å². The first-order valence-electron chi connectivity index (χ1n) is 7.32. The smallest absolute Gasteiger partial charge is 0.0703 e. The fourth-order valence-corrected chi connectivity index (χ4v) is 2.06. The first-order valence-corrected chi connectivity index (χ1v) is 7.32. The number of unbranched alkanes of at least 4 members (excludes halogenated alkanes) is 1. The van der Waals surface area contributed by atoms with Gasteiger partial charge in [0.1, 0.15) is 0 Å². The van der Waals surface area contributed by atoms with E-state index < -0.39 is 0 Å². The summed E-state index contributed by atoms with van der Waals surface area (Å²) >= 11 is 0. The molecule has 0 amide bonds. The largest absolute Gasteiger partial charge is 0.381 e. The lowest BCUT2D eigenvalue weighted by molar-refractivity contribution is 0.0286. The van der Waals surface area contributed by atoms with Crippen LogP contribution in [0.15, 0.2) is 0 Å². The van der Waals surface area contributed by atoms with Crippen LogP contribution < -0.4 is 5.48 Å². The molecule has 0 N–H and O–H groups in total. The van der Waals surface area contributed by atoms with Crippen LogP contribution in [0, 0.1) is 11.3 Å². The lowest BCUT2D eigenvalue weighted by atomic mass is 9.84. The number of hydrogen-bond acceptors (Lipinski definition) is 2. The van der Waals surface area contributed by atoms with Crippen molar-refractivity contribution in [2.24, 2.45) is 11.3 Å². The van der Waals surface area contributed by atoms with Crippen molar-refractivity contribution in [1.82, 2.24) is 5.48 Å². The van der Waals surface area contributed by atoms with Crippen molar-refractivity contribution in [3.8, 4) is 0 Å². The summed E-state index contributed by atoms with van der Waals surface area (Å²) in [5.41, 5.74) is 4.25. The van der Waals surface area contributed by atoms with Gasteiger partial charge in [-0.1, -0.05) is 33.2 Å². The average Bonchev–Trinajstić information content (AvgIpc) is 2.24. The Labute approximate surface area is 114 Å². The Hall–Kier alpha value is -0.120. The summed E-state index contributed by atoms with van der Waals surface area (Å²) in [5.74, 6) is 0.747. The predicted molar refractivity (Wildman–Crippen MR) is 76.5 cm³/mol. The van der Waals surface area contributed by atoms with Crippen LogP contribution in [0.4, 0.5) is 0 Å². The molecule has 0 rings (SSSR count). The Balaban J connectivity index is 3.20. The van der Waals surface area contributed by atoms with Crippen molar-refractivity contribution in [3.05, 3.63) is 0 Å². The van der Waals surface area contributed by atoms with E-state index in [1.54, 1.807) is 0 Å². The second-order valence-corrected chi connectivity index (χ2v) is 6.26. The van der Waals surface area contributed by atoms with Gasteiger partial charge in [-0.05, 0) is 43.9 Å². The van der Waals surface area contributed by atoms with Crippen molar-refractivity contribution in [3.63, 3.8) is 0 Å². The highest BCUT2D eigenvalue weighted by Gasteiger charge is 2.14. The quantitative estimate of drug-likeness (QED) is 0.417. The van der Waals surface area contributed by atoms with Crippen LogP contribution in [0.5, 0.6) is 0 Å². The topological polar surface area (TPSA) is 32.6 Å². The summed E-state index contributed by atoms with van der Waals surface area (Å²) in [4.78, 5) is 5.05. The Kier molecular flexibility index (Phi) is 10.7. The molecule has 0 saturated heterocycles. The molecule has 0 aliphatic carbocycles. The second-order valence-electron chi connectivity index (χ2n) is 6.26. The lowest BCUT2D eigenvalue weighted by Crippen LogP contribution is -2.13. The molecule has 0 bridgehead atoms. The van der Waals surface area contributed by atoms with Crippen LogP contribution >= 0.6 is 0 Å². The number of nitrogens with zero attached hydrogens (tertiary/aromatic N) is 1. The van der Waals surface area contributed by atoms with Gasteiger partial charge < -0.3 is 4.74 Å². The Morgan fingerprint density at radius 1 is 1.06 bits per heavy atom. The molecule has 0 aromatic heterocycles. The summed E-state index contributed by atoms with van der Waals surface area (Å²) < 4.78 is 5.64. The molecule has 0 aliphatic rings. The molecule has 1 atom stereocenters. The fourth-order valence-electron chi connectivity index (χ4n) is 2.06. The second kappa shape index (κ2) is 10.8. The molecule has 0 aromatic rings. The van der Waals surface area contributed by atoms with Crippen LogP contribution in [0.1, 0.15) is 60.3 Å². The van der Waals surface area contributed by atoms with Gasteiger partial charge in [-0.25, -0.2) is 0 Å². The van der Waals surface area contributed by atoms with Crippen LogP contribution in [0.3, 0.4) is 0 Å². The summed E-state index contributed by atoms with van der Waals surface area (Å²) in [6.07, 6.45) is 4.52. The minimum Gasteiger partial charge on any atom is -0.381 e. The molecule has 0 fully saturated rings. The van der Waals surface area contributed by atoms with E-state index in [-0.39, 0.29) is 0 Å². The zero-order valence-electron chi connectivity index (χ0n) is 13.0. The van der Waals surface area contributed by atoms with Crippen molar-refractivity contribution in [1.29, 1.82) is 0 Å². The van der Waals surface area contributed by atoms with Gasteiger partial charge in [0, 0.05) is 19.8 Å². The van der Waals surface area contributed by atoms with Crippen molar-refractivity contribution in [2.75, 3.05) is 26.4 Å². The molecular weight excluding hydrogens is 226 g/mol. The van der Waals surface area contributed by atoms with Gasteiger partial charge in [-0.3, -0.25) is 4.84 Å². The lowest BCUT2D eigenvalue weighted by Gasteiger charge is -2.23. The summed E-state index contributed by atoms with van der Waals surface area (Å²) in [7, 11) is 0. The molecule has 0 aromatic carbocycles. The normalized spacial score (nSPS) is 13.8. The Morgan fingerprint density at radius 3 is 2.33 bits per heavy atom. The number of hydrogen-bond donors (Lipinski definition) is 0. The molecule has 0 spiro atoms. The van der Waals surface area contributed by atoms with E-state index in [1.807, 2.05) is 6.92 Å². The van der Waals surface area contributed by atoms with E-state index in [2.05, 4.69) is 33.2 Å². The highest BCUT2D eigenvalue weighted by molar-refractivity contribution is 4.66. The summed E-state index contributed by atoms with van der Waals surface area (Å²) in [5, 5.41) is 0. The molecule has 0 aliphatic heterocycles. The number of hydroxylamine groups is 1. The molecule has 3 heteroatoms. The van der Waals surface area contributed by atoms with E-state index in [0.717, 1.165) is 45.1 Å². The van der Waals surface area contributed by atoms with E-state index >= 15 is 0 Å². The minimum absolute atomic E-state index is 0.430. The predicted octanol–water partition coefficient (Wildman–Crippen LogP) is 3.80. The third-order valence-corrected chi connectivity index (χ3v) is 2.71. The van der Waals surface area contributed by atoms with Gasteiger partial charge in [0.2, 0.25) is 0 Å². The first kappa shape index (κ1) is 17.9. The standard InChI is InChI=1S/C15H32NO2/c1-6-16-18-11-8-7-10-17-12-9-14(2)13-15(3,4)5/h14H,6-13H2,1-5H3. The molecule has 1 unspecified atom stereocenters. The van der Waals surface area contributed by atoms with Gasteiger partial charge in [-0.15, -0.1) is 0 Å². The molecule has 0 saturated carbocycles. The maximum Gasteiger partial charge on any atom is 0.0703 e. The summed E-state index contributed by atoms with van der Waals surface area (Å²) in [6, 6.07) is 0. The number of ether oxygens (including phenoxy) is 1. The van der Waals surface area contributed by atoms with E-state index in [0.29, 0.717) is 5.41 Å². The SMILES string of the molecule is CC[N]OCCCCOCCC(C)CC(C)(C)C. The third-order valence-electron chi connectivity index (χ3n) is 2.71. The highest BCUT2D eigenvalue weighted by Crippen LogP contribution is 2.25. The van der Waals surface area contributed by atoms with E-state index in [1.165, 1.54) is 12.8 Å². The molecule has 0 heterocycles. The zero-order chi connectivity index (χ0) is 13.9. The van der Waals surface area contributed by atoms with Crippen molar-refractivity contribution < 1.29 is 9.57 Å². The van der Waals surface area contributed by atoms with Crippen LogP contribution in [0.25, 0.3) is 0 Å². The third kappa shape index (κ3) is 13.9. The van der Waals surface area contributed by atoms with Gasteiger partial charge >= 0.3 is 0 Å². The zero-order valence-corrected chi connectivity index (χ0v) is 13.0. The Morgan fingerprint density at radius 2 is 1.72 bits per heavy atom. The first-order chi connectivity index (χ1) is 8.45. The Bertz CT molecular complexity index is 178. The van der Waals surface area contributed by atoms with Crippen LogP contribution in [-0.4, -0.2) is 26.4 Å². The maximum absolute atomic E-state index is 5.64. The van der Waals surface area contributed by atoms with Crippen LogP contribution in [-0.2, 0) is 9.57 Å². The summed E-state index contributed by atoms with van der Waals surface area (Å²) in [6.45, 7) is 14.4. The fraction of sp³-hybridized carbons (Fsp3) is 1.00. The van der Waals surface area contributed by atoms with E-state index in [9.17, 15) is 0 Å². The minimum atomic E-state index is 0.430. The molecule has 18 heavy (non-hydrogen) atoms.